The highest BCUT2D eigenvalue weighted by atomic mass is 35.5. The summed E-state index contributed by atoms with van der Waals surface area (Å²) < 4.78 is 10.3. The van der Waals surface area contributed by atoms with Crippen molar-refractivity contribution in [2.45, 2.75) is 12.5 Å². The van der Waals surface area contributed by atoms with Crippen LogP contribution >= 0.6 is 11.6 Å². The van der Waals surface area contributed by atoms with Gasteiger partial charge in [-0.25, -0.2) is 9.59 Å². The van der Waals surface area contributed by atoms with Crippen molar-refractivity contribution in [2.24, 2.45) is 11.7 Å². The van der Waals surface area contributed by atoms with E-state index < -0.39 is 18.3 Å². The number of hydrogen-bond donors (Lipinski definition) is 2. The summed E-state index contributed by atoms with van der Waals surface area (Å²) in [5.41, 5.74) is 5.81. The molecule has 9 heteroatoms. The van der Waals surface area contributed by atoms with Crippen molar-refractivity contribution in [1.29, 1.82) is 0 Å². The van der Waals surface area contributed by atoms with Crippen molar-refractivity contribution in [1.82, 2.24) is 4.90 Å². The van der Waals surface area contributed by atoms with Crippen LogP contribution in [-0.2, 0) is 4.74 Å². The fourth-order valence-electron chi connectivity index (χ4n) is 2.82. The lowest BCUT2D eigenvalue weighted by Crippen LogP contribution is -2.29. The first-order chi connectivity index (χ1) is 11.4. The van der Waals surface area contributed by atoms with Crippen molar-refractivity contribution < 1.29 is 29.0 Å². The molecule has 0 aromatic heterocycles. The summed E-state index contributed by atoms with van der Waals surface area (Å²) in [6, 6.07) is 2.91. The minimum Gasteiger partial charge on any atom is -0.496 e. The number of methoxy groups -OCH3 is 1. The zero-order chi connectivity index (χ0) is 17.9. The van der Waals surface area contributed by atoms with Crippen LogP contribution < -0.4 is 10.5 Å². The Morgan fingerprint density at radius 1 is 1.50 bits per heavy atom. The number of nitrogens with two attached hydrogens (primary N) is 1. The number of carboxylic acid groups (broad SMARTS) is 1. The van der Waals surface area contributed by atoms with E-state index in [1.165, 1.54) is 24.1 Å². The SMILES string of the molecule is COc1cc(C(OC(N)=O)[C@@H]2CCN(C(=O)O)C2)c(Cl)cc1C=O. The summed E-state index contributed by atoms with van der Waals surface area (Å²) in [6.45, 7) is 0.501. The van der Waals surface area contributed by atoms with Crippen LogP contribution in [0, 0.1) is 5.92 Å². The predicted octanol–water partition coefficient (Wildman–Crippen LogP) is 2.30. The highest BCUT2D eigenvalue weighted by molar-refractivity contribution is 6.31. The molecule has 1 heterocycles. The number of halogens is 1. The highest BCUT2D eigenvalue weighted by Crippen LogP contribution is 2.39. The number of nitrogens with zero attached hydrogens (tertiary/aromatic N) is 1. The van der Waals surface area contributed by atoms with Gasteiger partial charge in [0.15, 0.2) is 6.29 Å². The first kappa shape index (κ1) is 17.9. The van der Waals surface area contributed by atoms with Crippen LogP contribution in [0.2, 0.25) is 5.02 Å². The van der Waals surface area contributed by atoms with Crippen LogP contribution in [0.5, 0.6) is 5.75 Å². The molecule has 1 aliphatic rings. The number of benzene rings is 1. The van der Waals surface area contributed by atoms with Gasteiger partial charge in [-0.1, -0.05) is 11.6 Å². The van der Waals surface area contributed by atoms with Gasteiger partial charge >= 0.3 is 12.2 Å². The van der Waals surface area contributed by atoms with Crippen LogP contribution in [0.4, 0.5) is 9.59 Å². The lowest BCUT2D eigenvalue weighted by Gasteiger charge is -2.25. The Kier molecular flexibility index (Phi) is 5.50. The van der Waals surface area contributed by atoms with Gasteiger partial charge in [-0.05, 0) is 18.6 Å². The molecule has 2 rings (SSSR count). The maximum atomic E-state index is 11.3. The van der Waals surface area contributed by atoms with Gasteiger partial charge in [0.05, 0.1) is 12.7 Å². The molecule has 1 aromatic carbocycles. The second kappa shape index (κ2) is 7.39. The van der Waals surface area contributed by atoms with E-state index in [9.17, 15) is 14.4 Å². The van der Waals surface area contributed by atoms with Gasteiger partial charge in [0, 0.05) is 29.6 Å². The molecule has 0 aliphatic carbocycles. The minimum atomic E-state index is -1.05. The van der Waals surface area contributed by atoms with E-state index in [0.717, 1.165) is 0 Å². The van der Waals surface area contributed by atoms with Crippen molar-refractivity contribution in [3.8, 4) is 5.75 Å². The smallest absolute Gasteiger partial charge is 0.407 e. The van der Waals surface area contributed by atoms with Gasteiger partial charge in [0.25, 0.3) is 0 Å². The van der Waals surface area contributed by atoms with Gasteiger partial charge in [-0.15, -0.1) is 0 Å². The second-order valence-corrected chi connectivity index (χ2v) is 5.78. The van der Waals surface area contributed by atoms with E-state index >= 15 is 0 Å². The van der Waals surface area contributed by atoms with Crippen LogP contribution in [0.15, 0.2) is 12.1 Å². The molecule has 1 fully saturated rings. The summed E-state index contributed by atoms with van der Waals surface area (Å²) in [6.07, 6.45) is -1.80. The number of primary amides is 1. The average Bonchev–Trinajstić information content (AvgIpc) is 3.02. The Morgan fingerprint density at radius 3 is 2.71 bits per heavy atom. The summed E-state index contributed by atoms with van der Waals surface area (Å²) >= 11 is 6.22. The number of amides is 2. The molecular weight excluding hydrogens is 340 g/mol. The molecule has 8 nitrogen and oxygen atoms in total. The normalized spacial score (nSPS) is 18.1. The number of hydrogen-bond acceptors (Lipinski definition) is 5. The third-order valence-corrected chi connectivity index (χ3v) is 4.28. The maximum absolute atomic E-state index is 11.3. The van der Waals surface area contributed by atoms with Crippen LogP contribution in [-0.4, -0.2) is 48.7 Å². The molecule has 1 unspecified atom stereocenters. The molecule has 0 spiro atoms. The third kappa shape index (κ3) is 3.70. The molecule has 0 radical (unpaired) electrons. The number of rotatable bonds is 5. The minimum absolute atomic E-state index is 0.182. The largest absolute Gasteiger partial charge is 0.496 e. The molecule has 1 aromatic rings. The van der Waals surface area contributed by atoms with E-state index in [1.54, 1.807) is 0 Å². The van der Waals surface area contributed by atoms with Gasteiger partial charge in [0.2, 0.25) is 0 Å². The van der Waals surface area contributed by atoms with Gasteiger partial charge in [0.1, 0.15) is 11.9 Å². The molecule has 2 atom stereocenters. The van der Waals surface area contributed by atoms with Crippen LogP contribution in [0.3, 0.4) is 0 Å². The molecule has 3 N–H and O–H groups in total. The van der Waals surface area contributed by atoms with Crippen molar-refractivity contribution in [3.05, 3.63) is 28.3 Å². The second-order valence-electron chi connectivity index (χ2n) is 5.37. The zero-order valence-corrected chi connectivity index (χ0v) is 13.7. The lowest BCUT2D eigenvalue weighted by molar-refractivity contribution is 0.0694. The summed E-state index contributed by atoms with van der Waals surface area (Å²) in [7, 11) is 1.39. The van der Waals surface area contributed by atoms with Gasteiger partial charge < -0.3 is 25.2 Å². The highest BCUT2D eigenvalue weighted by Gasteiger charge is 2.36. The molecule has 130 valence electrons. The Morgan fingerprint density at radius 2 is 2.21 bits per heavy atom. The number of likely N-dealkylation sites (tertiary alicyclic amines) is 1. The number of ether oxygens (including phenoxy) is 2. The standard InChI is InChI=1S/C15H17ClN2O6/c1-23-12-5-10(11(16)4-9(12)7-19)13(24-14(17)20)8-2-3-18(6-8)15(21)22/h4-5,7-8,13H,2-3,6H2,1H3,(H2,17,20)(H,21,22)/t8-,13?/m1/s1. The van der Waals surface area contributed by atoms with E-state index in [0.29, 0.717) is 24.8 Å². The van der Waals surface area contributed by atoms with Crippen LogP contribution in [0.1, 0.15) is 28.4 Å². The maximum Gasteiger partial charge on any atom is 0.407 e. The van der Waals surface area contributed by atoms with E-state index in [-0.39, 0.29) is 28.8 Å². The van der Waals surface area contributed by atoms with E-state index in [2.05, 4.69) is 0 Å². The number of aldehydes is 1. The predicted molar refractivity (Wildman–Crippen MR) is 84.5 cm³/mol. The summed E-state index contributed by atoms with van der Waals surface area (Å²) in [4.78, 5) is 34.7. The van der Waals surface area contributed by atoms with Crippen molar-refractivity contribution in [3.63, 3.8) is 0 Å². The molecule has 0 saturated carbocycles. The Labute approximate surface area is 143 Å². The fraction of sp³-hybridized carbons (Fsp3) is 0.400. The Bertz CT molecular complexity index is 666. The topological polar surface area (TPSA) is 119 Å². The van der Waals surface area contributed by atoms with Crippen LogP contribution in [0.25, 0.3) is 0 Å². The molecule has 1 aliphatic heterocycles. The quantitative estimate of drug-likeness (QED) is 0.781. The van der Waals surface area contributed by atoms with Gasteiger partial charge in [-0.3, -0.25) is 4.79 Å². The fourth-order valence-corrected chi connectivity index (χ4v) is 3.10. The van der Waals surface area contributed by atoms with Gasteiger partial charge in [-0.2, -0.15) is 0 Å². The van der Waals surface area contributed by atoms with Crippen molar-refractivity contribution >= 4 is 30.1 Å². The molecule has 24 heavy (non-hydrogen) atoms. The molecule has 1 saturated heterocycles. The molecule has 0 bridgehead atoms. The third-order valence-electron chi connectivity index (χ3n) is 3.95. The van der Waals surface area contributed by atoms with E-state index in [1.807, 2.05) is 0 Å². The Hall–Kier alpha value is -2.48. The molecule has 2 amide bonds. The first-order valence-corrected chi connectivity index (χ1v) is 7.51. The Balaban J connectivity index is 2.40. The number of carbonyl (C=O) groups is 3. The lowest BCUT2D eigenvalue weighted by atomic mass is 9.93. The summed E-state index contributed by atoms with van der Waals surface area (Å²) in [5, 5.41) is 9.29. The van der Waals surface area contributed by atoms with E-state index in [4.69, 9.17) is 31.9 Å². The monoisotopic (exact) mass is 356 g/mol. The van der Waals surface area contributed by atoms with Crippen molar-refractivity contribution in [2.75, 3.05) is 20.2 Å². The summed E-state index contributed by atoms with van der Waals surface area (Å²) in [5.74, 6) is -0.0338. The average molecular weight is 357 g/mol. The molecular formula is C15H17ClN2O6. The first-order valence-electron chi connectivity index (χ1n) is 7.14. The zero-order valence-electron chi connectivity index (χ0n) is 12.9. The number of carbonyl (C=O) groups excluding carboxylic acids is 2.